The van der Waals surface area contributed by atoms with Crippen LogP contribution in [0.25, 0.3) is 0 Å². The maximum absolute atomic E-state index is 12.3. The number of rotatable bonds is 2. The van der Waals surface area contributed by atoms with Crippen LogP contribution in [0.4, 0.5) is 4.39 Å². The molecule has 0 unspecified atom stereocenters. The maximum atomic E-state index is 12.3. The van der Waals surface area contributed by atoms with Gasteiger partial charge in [-0.2, -0.15) is 0 Å². The number of pyridine rings is 1. The molecule has 1 aromatic heterocycles. The van der Waals surface area contributed by atoms with Crippen LogP contribution in [0.3, 0.4) is 0 Å². The molecule has 54 valence electrons. The molecule has 1 nitrogen and oxygen atoms in total. The molecule has 0 atom stereocenters. The monoisotopic (exact) mass is 203 g/mol. The van der Waals surface area contributed by atoms with Crippen molar-refractivity contribution in [2.45, 2.75) is 6.42 Å². The first-order chi connectivity index (χ1) is 4.83. The number of halogens is 2. The summed E-state index contributed by atoms with van der Waals surface area (Å²) in [4.78, 5) is 3.86. The van der Waals surface area contributed by atoms with Gasteiger partial charge in [-0.1, -0.05) is 15.9 Å². The first-order valence-corrected chi connectivity index (χ1v) is 4.11. The number of alkyl halides is 1. The van der Waals surface area contributed by atoms with Crippen LogP contribution in [-0.2, 0) is 6.42 Å². The Bertz CT molecular complexity index is 197. The molecule has 0 aliphatic rings. The second-order valence-electron chi connectivity index (χ2n) is 1.91. The quantitative estimate of drug-likeness (QED) is 0.672. The molecule has 0 saturated carbocycles. The molecule has 0 radical (unpaired) electrons. The summed E-state index contributed by atoms with van der Waals surface area (Å²) in [6.07, 6.45) is 2.08. The van der Waals surface area contributed by atoms with Gasteiger partial charge in [-0.3, -0.25) is 4.98 Å². The topological polar surface area (TPSA) is 12.9 Å². The molecule has 10 heavy (non-hydrogen) atoms. The lowest BCUT2D eigenvalue weighted by molar-refractivity contribution is 0.619. The highest BCUT2D eigenvalue weighted by Gasteiger charge is 1.92. The van der Waals surface area contributed by atoms with Gasteiger partial charge in [0.25, 0.3) is 0 Å². The standard InChI is InChI=1S/C7H7BrFN/c8-4-3-7-2-1-6(9)5-10-7/h1-2,5H,3-4H2. The van der Waals surface area contributed by atoms with E-state index in [2.05, 4.69) is 20.9 Å². The van der Waals surface area contributed by atoms with Crippen LogP contribution in [0.5, 0.6) is 0 Å². The van der Waals surface area contributed by atoms with Crippen LogP contribution in [0, 0.1) is 5.82 Å². The first-order valence-electron chi connectivity index (χ1n) is 2.99. The Kier molecular flexibility index (Phi) is 2.81. The smallest absolute Gasteiger partial charge is 0.141 e. The molecule has 3 heteroatoms. The minimum Gasteiger partial charge on any atom is -0.258 e. The van der Waals surface area contributed by atoms with Gasteiger partial charge in [0.1, 0.15) is 5.82 Å². The normalized spacial score (nSPS) is 9.80. The Balaban J connectivity index is 2.69. The predicted octanol–water partition coefficient (Wildman–Crippen LogP) is 2.16. The molecular weight excluding hydrogens is 197 g/mol. The van der Waals surface area contributed by atoms with Crippen molar-refractivity contribution in [1.82, 2.24) is 4.98 Å². The van der Waals surface area contributed by atoms with E-state index in [1.807, 2.05) is 0 Å². The van der Waals surface area contributed by atoms with E-state index in [9.17, 15) is 4.39 Å². The maximum Gasteiger partial charge on any atom is 0.141 e. The molecule has 0 N–H and O–H groups in total. The highest BCUT2D eigenvalue weighted by atomic mass is 79.9. The van der Waals surface area contributed by atoms with E-state index in [1.165, 1.54) is 12.3 Å². The van der Waals surface area contributed by atoms with Gasteiger partial charge in [-0.25, -0.2) is 4.39 Å². The van der Waals surface area contributed by atoms with Gasteiger partial charge >= 0.3 is 0 Å². The average Bonchev–Trinajstić information content (AvgIpc) is 1.95. The molecule has 0 saturated heterocycles. The van der Waals surface area contributed by atoms with E-state index in [0.717, 1.165) is 17.4 Å². The number of hydrogen-bond acceptors (Lipinski definition) is 1. The summed E-state index contributed by atoms with van der Waals surface area (Å²) in [7, 11) is 0. The highest BCUT2D eigenvalue weighted by molar-refractivity contribution is 9.09. The summed E-state index contributed by atoms with van der Waals surface area (Å²) in [6, 6.07) is 3.11. The number of aryl methyl sites for hydroxylation is 1. The van der Waals surface area contributed by atoms with Gasteiger partial charge < -0.3 is 0 Å². The lowest BCUT2D eigenvalue weighted by Crippen LogP contribution is -1.90. The molecule has 1 aromatic rings. The van der Waals surface area contributed by atoms with Gasteiger partial charge in [-0.05, 0) is 18.6 Å². The van der Waals surface area contributed by atoms with Gasteiger partial charge in [0, 0.05) is 11.0 Å². The van der Waals surface area contributed by atoms with Crippen molar-refractivity contribution in [2.24, 2.45) is 0 Å². The van der Waals surface area contributed by atoms with Crippen molar-refractivity contribution in [3.8, 4) is 0 Å². The number of nitrogens with zero attached hydrogens (tertiary/aromatic N) is 1. The molecule has 1 heterocycles. The third-order valence-corrected chi connectivity index (χ3v) is 1.54. The van der Waals surface area contributed by atoms with E-state index >= 15 is 0 Å². The molecule has 0 amide bonds. The summed E-state index contributed by atoms with van der Waals surface area (Å²) in [5.74, 6) is -0.279. The fourth-order valence-corrected chi connectivity index (χ4v) is 1.06. The van der Waals surface area contributed by atoms with Crippen LogP contribution in [0.1, 0.15) is 5.69 Å². The molecule has 0 aliphatic heterocycles. The second-order valence-corrected chi connectivity index (χ2v) is 2.70. The first kappa shape index (κ1) is 7.66. The lowest BCUT2D eigenvalue weighted by atomic mass is 10.3. The van der Waals surface area contributed by atoms with E-state index in [0.29, 0.717) is 0 Å². The molecule has 1 rings (SSSR count). The van der Waals surface area contributed by atoms with Crippen molar-refractivity contribution < 1.29 is 4.39 Å². The van der Waals surface area contributed by atoms with Gasteiger partial charge in [0.15, 0.2) is 0 Å². The highest BCUT2D eigenvalue weighted by Crippen LogP contribution is 1.99. The van der Waals surface area contributed by atoms with E-state index in [4.69, 9.17) is 0 Å². The molecule has 0 aromatic carbocycles. The summed E-state index contributed by atoms with van der Waals surface area (Å²) >= 11 is 3.27. The third-order valence-electron chi connectivity index (χ3n) is 1.14. The fraction of sp³-hybridized carbons (Fsp3) is 0.286. The van der Waals surface area contributed by atoms with E-state index in [1.54, 1.807) is 6.07 Å². The number of aromatic nitrogens is 1. The van der Waals surface area contributed by atoms with Crippen molar-refractivity contribution in [2.75, 3.05) is 5.33 Å². The van der Waals surface area contributed by atoms with Crippen LogP contribution in [0.2, 0.25) is 0 Å². The Morgan fingerprint density at radius 2 is 2.30 bits per heavy atom. The largest absolute Gasteiger partial charge is 0.258 e. The van der Waals surface area contributed by atoms with Crippen LogP contribution < -0.4 is 0 Å². The summed E-state index contributed by atoms with van der Waals surface area (Å²) in [5.41, 5.74) is 0.915. The van der Waals surface area contributed by atoms with Gasteiger partial charge in [0.2, 0.25) is 0 Å². The van der Waals surface area contributed by atoms with Crippen LogP contribution >= 0.6 is 15.9 Å². The Labute approximate surface area is 67.4 Å². The zero-order chi connectivity index (χ0) is 7.40. The molecule has 0 fully saturated rings. The Morgan fingerprint density at radius 3 is 2.80 bits per heavy atom. The van der Waals surface area contributed by atoms with Crippen LogP contribution in [0.15, 0.2) is 18.3 Å². The molecule has 0 spiro atoms. The lowest BCUT2D eigenvalue weighted by Gasteiger charge is -1.93. The molecule has 0 aliphatic carbocycles. The third kappa shape index (κ3) is 2.06. The molecule has 0 bridgehead atoms. The SMILES string of the molecule is Fc1ccc(CCBr)nc1. The summed E-state index contributed by atoms with van der Waals surface area (Å²) < 4.78 is 12.3. The summed E-state index contributed by atoms with van der Waals surface area (Å²) in [5, 5.41) is 0.867. The average molecular weight is 204 g/mol. The molecular formula is C7H7BrFN. The van der Waals surface area contributed by atoms with Crippen molar-refractivity contribution >= 4 is 15.9 Å². The van der Waals surface area contributed by atoms with E-state index < -0.39 is 0 Å². The second kappa shape index (κ2) is 3.66. The zero-order valence-corrected chi connectivity index (χ0v) is 6.94. The minimum absolute atomic E-state index is 0.279. The van der Waals surface area contributed by atoms with Crippen molar-refractivity contribution in [1.29, 1.82) is 0 Å². The van der Waals surface area contributed by atoms with Gasteiger partial charge in [-0.15, -0.1) is 0 Å². The van der Waals surface area contributed by atoms with Crippen LogP contribution in [-0.4, -0.2) is 10.3 Å². The zero-order valence-electron chi connectivity index (χ0n) is 5.35. The Hall–Kier alpha value is -0.440. The van der Waals surface area contributed by atoms with Crippen molar-refractivity contribution in [3.63, 3.8) is 0 Å². The Morgan fingerprint density at radius 1 is 1.50 bits per heavy atom. The van der Waals surface area contributed by atoms with Crippen molar-refractivity contribution in [3.05, 3.63) is 29.8 Å². The fourth-order valence-electron chi connectivity index (χ4n) is 0.651. The van der Waals surface area contributed by atoms with E-state index in [-0.39, 0.29) is 5.82 Å². The number of hydrogen-bond donors (Lipinski definition) is 0. The minimum atomic E-state index is -0.279. The summed E-state index contributed by atoms with van der Waals surface area (Å²) in [6.45, 7) is 0. The predicted molar refractivity (Wildman–Crippen MR) is 41.7 cm³/mol. The van der Waals surface area contributed by atoms with Gasteiger partial charge in [0.05, 0.1) is 6.20 Å².